The van der Waals surface area contributed by atoms with Crippen molar-refractivity contribution in [2.75, 3.05) is 43.9 Å². The van der Waals surface area contributed by atoms with Gasteiger partial charge in [0.1, 0.15) is 11.5 Å². The van der Waals surface area contributed by atoms with Crippen LogP contribution in [-0.2, 0) is 6.54 Å². The summed E-state index contributed by atoms with van der Waals surface area (Å²) in [5, 5.41) is 9.72. The zero-order chi connectivity index (χ0) is 20.2. The summed E-state index contributed by atoms with van der Waals surface area (Å²) in [6, 6.07) is 14.9. The SMILES string of the molecule is COc1ccccc1CN1CCN(c2nc(N)nc(-c3cccc(O)c3)n2)CC1. The average Bonchev–Trinajstić information content (AvgIpc) is 2.74. The molecule has 4 rings (SSSR count). The second-order valence-electron chi connectivity index (χ2n) is 6.94. The van der Waals surface area contributed by atoms with Gasteiger partial charge in [0.05, 0.1) is 7.11 Å². The average molecular weight is 392 g/mol. The Labute approximate surface area is 169 Å². The molecule has 1 saturated heterocycles. The Morgan fingerprint density at radius 3 is 2.55 bits per heavy atom. The van der Waals surface area contributed by atoms with E-state index >= 15 is 0 Å². The van der Waals surface area contributed by atoms with Crippen molar-refractivity contribution in [2.45, 2.75) is 6.54 Å². The molecule has 29 heavy (non-hydrogen) atoms. The summed E-state index contributed by atoms with van der Waals surface area (Å²) >= 11 is 0. The first kappa shape index (κ1) is 18.9. The van der Waals surface area contributed by atoms with Crippen molar-refractivity contribution in [3.63, 3.8) is 0 Å². The van der Waals surface area contributed by atoms with Gasteiger partial charge in [0, 0.05) is 43.9 Å². The van der Waals surface area contributed by atoms with E-state index in [2.05, 4.69) is 30.8 Å². The number of para-hydroxylation sites is 1. The fourth-order valence-electron chi connectivity index (χ4n) is 3.48. The van der Waals surface area contributed by atoms with Crippen LogP contribution in [0, 0.1) is 0 Å². The number of phenolic OH excluding ortho intramolecular Hbond substituents is 1. The number of hydrogen-bond donors (Lipinski definition) is 2. The van der Waals surface area contributed by atoms with Crippen molar-refractivity contribution in [3.05, 3.63) is 54.1 Å². The minimum atomic E-state index is 0.160. The molecule has 0 amide bonds. The van der Waals surface area contributed by atoms with E-state index < -0.39 is 0 Å². The third-order valence-electron chi connectivity index (χ3n) is 4.99. The first-order valence-corrected chi connectivity index (χ1v) is 9.52. The molecule has 1 aliphatic rings. The second-order valence-corrected chi connectivity index (χ2v) is 6.94. The minimum absolute atomic E-state index is 0.160. The number of benzene rings is 2. The highest BCUT2D eigenvalue weighted by molar-refractivity contribution is 5.59. The molecule has 0 radical (unpaired) electrons. The Kier molecular flexibility index (Phi) is 5.44. The van der Waals surface area contributed by atoms with Gasteiger partial charge in [0.15, 0.2) is 5.82 Å². The Balaban J connectivity index is 1.46. The lowest BCUT2D eigenvalue weighted by Gasteiger charge is -2.35. The molecule has 0 atom stereocenters. The van der Waals surface area contributed by atoms with Crippen LogP contribution in [0.2, 0.25) is 0 Å². The second kappa shape index (κ2) is 8.32. The molecule has 150 valence electrons. The zero-order valence-electron chi connectivity index (χ0n) is 16.3. The van der Waals surface area contributed by atoms with Gasteiger partial charge < -0.3 is 20.5 Å². The topological polar surface area (TPSA) is 101 Å². The highest BCUT2D eigenvalue weighted by Crippen LogP contribution is 2.24. The molecule has 0 aliphatic carbocycles. The van der Waals surface area contributed by atoms with E-state index in [1.807, 2.05) is 24.3 Å². The van der Waals surface area contributed by atoms with Gasteiger partial charge in [-0.3, -0.25) is 4.90 Å². The molecule has 1 aromatic heterocycles. The maximum absolute atomic E-state index is 9.72. The summed E-state index contributed by atoms with van der Waals surface area (Å²) in [5.74, 6) is 2.27. The van der Waals surface area contributed by atoms with Gasteiger partial charge in [0.25, 0.3) is 0 Å². The van der Waals surface area contributed by atoms with Crippen molar-refractivity contribution < 1.29 is 9.84 Å². The molecule has 3 aromatic rings. The van der Waals surface area contributed by atoms with E-state index in [0.717, 1.165) is 38.5 Å². The predicted molar refractivity (Wildman–Crippen MR) is 112 cm³/mol. The van der Waals surface area contributed by atoms with E-state index in [0.29, 0.717) is 17.3 Å². The van der Waals surface area contributed by atoms with Crippen LogP contribution in [0.15, 0.2) is 48.5 Å². The van der Waals surface area contributed by atoms with Gasteiger partial charge in [-0.2, -0.15) is 15.0 Å². The molecular formula is C21H24N6O2. The molecule has 8 heteroatoms. The van der Waals surface area contributed by atoms with Crippen LogP contribution in [0.4, 0.5) is 11.9 Å². The highest BCUT2D eigenvalue weighted by Gasteiger charge is 2.21. The molecule has 1 aliphatic heterocycles. The molecule has 2 heterocycles. The third kappa shape index (κ3) is 4.38. The first-order chi connectivity index (χ1) is 14.1. The number of ether oxygens (including phenoxy) is 1. The van der Waals surface area contributed by atoms with E-state index in [4.69, 9.17) is 10.5 Å². The van der Waals surface area contributed by atoms with Crippen LogP contribution in [0.5, 0.6) is 11.5 Å². The molecule has 0 spiro atoms. The predicted octanol–water partition coefficient (Wildman–Crippen LogP) is 2.16. The number of aromatic nitrogens is 3. The maximum atomic E-state index is 9.72. The number of nitrogens with zero attached hydrogens (tertiary/aromatic N) is 5. The van der Waals surface area contributed by atoms with Crippen LogP contribution in [0.3, 0.4) is 0 Å². The molecule has 3 N–H and O–H groups in total. The highest BCUT2D eigenvalue weighted by atomic mass is 16.5. The number of phenols is 1. The minimum Gasteiger partial charge on any atom is -0.508 e. The first-order valence-electron chi connectivity index (χ1n) is 9.52. The maximum Gasteiger partial charge on any atom is 0.230 e. The summed E-state index contributed by atoms with van der Waals surface area (Å²) in [7, 11) is 1.70. The summed E-state index contributed by atoms with van der Waals surface area (Å²) in [6.45, 7) is 4.18. The summed E-state index contributed by atoms with van der Waals surface area (Å²) in [6.07, 6.45) is 0. The number of piperazine rings is 1. The lowest BCUT2D eigenvalue weighted by atomic mass is 10.1. The Morgan fingerprint density at radius 2 is 1.79 bits per heavy atom. The van der Waals surface area contributed by atoms with Gasteiger partial charge in [-0.1, -0.05) is 30.3 Å². The van der Waals surface area contributed by atoms with Gasteiger partial charge >= 0.3 is 0 Å². The number of anilines is 2. The van der Waals surface area contributed by atoms with Gasteiger partial charge in [-0.05, 0) is 18.2 Å². The number of methoxy groups -OCH3 is 1. The summed E-state index contributed by atoms with van der Waals surface area (Å²) < 4.78 is 5.46. The molecule has 0 saturated carbocycles. The monoisotopic (exact) mass is 392 g/mol. The molecule has 1 fully saturated rings. The van der Waals surface area contributed by atoms with E-state index in [1.54, 1.807) is 25.3 Å². The number of aromatic hydroxyl groups is 1. The van der Waals surface area contributed by atoms with Crippen molar-refractivity contribution >= 4 is 11.9 Å². The lowest BCUT2D eigenvalue weighted by molar-refractivity contribution is 0.245. The van der Waals surface area contributed by atoms with Gasteiger partial charge in [-0.15, -0.1) is 0 Å². The molecule has 2 aromatic carbocycles. The number of nitrogens with two attached hydrogens (primary N) is 1. The normalized spacial score (nSPS) is 14.7. The fourth-order valence-corrected chi connectivity index (χ4v) is 3.48. The van der Waals surface area contributed by atoms with Crippen molar-refractivity contribution in [2.24, 2.45) is 0 Å². The van der Waals surface area contributed by atoms with E-state index in [-0.39, 0.29) is 11.7 Å². The van der Waals surface area contributed by atoms with E-state index in [9.17, 15) is 5.11 Å². The smallest absolute Gasteiger partial charge is 0.230 e. The molecule has 0 bridgehead atoms. The van der Waals surface area contributed by atoms with Crippen LogP contribution >= 0.6 is 0 Å². The Hall–Kier alpha value is -3.39. The zero-order valence-corrected chi connectivity index (χ0v) is 16.3. The molecule has 0 unspecified atom stereocenters. The third-order valence-corrected chi connectivity index (χ3v) is 4.99. The van der Waals surface area contributed by atoms with Crippen LogP contribution in [0.25, 0.3) is 11.4 Å². The summed E-state index contributed by atoms with van der Waals surface area (Å²) in [4.78, 5) is 17.6. The Morgan fingerprint density at radius 1 is 1.00 bits per heavy atom. The van der Waals surface area contributed by atoms with Crippen LogP contribution in [0.1, 0.15) is 5.56 Å². The quantitative estimate of drug-likeness (QED) is 0.681. The van der Waals surface area contributed by atoms with Crippen molar-refractivity contribution in [1.82, 2.24) is 19.9 Å². The number of hydrogen-bond acceptors (Lipinski definition) is 8. The lowest BCUT2D eigenvalue weighted by Crippen LogP contribution is -2.46. The van der Waals surface area contributed by atoms with Crippen molar-refractivity contribution in [1.29, 1.82) is 0 Å². The molecular weight excluding hydrogens is 368 g/mol. The van der Waals surface area contributed by atoms with Crippen LogP contribution < -0.4 is 15.4 Å². The van der Waals surface area contributed by atoms with Gasteiger partial charge in [-0.25, -0.2) is 0 Å². The Bertz CT molecular complexity index is 988. The summed E-state index contributed by atoms with van der Waals surface area (Å²) in [5.41, 5.74) is 7.81. The van der Waals surface area contributed by atoms with Gasteiger partial charge in [0.2, 0.25) is 11.9 Å². The number of nitrogen functional groups attached to an aromatic ring is 1. The van der Waals surface area contributed by atoms with Crippen molar-refractivity contribution in [3.8, 4) is 22.9 Å². The standard InChI is InChI=1S/C21H24N6O2/c1-29-18-8-3-2-5-16(18)14-26-9-11-27(12-10-26)21-24-19(23-20(22)25-21)15-6-4-7-17(28)13-15/h2-8,13,28H,9-12,14H2,1H3,(H2,22,23,24,25). The van der Waals surface area contributed by atoms with Crippen LogP contribution in [-0.4, -0.2) is 58.2 Å². The molecule has 8 nitrogen and oxygen atoms in total. The van der Waals surface area contributed by atoms with E-state index in [1.165, 1.54) is 5.56 Å². The largest absolute Gasteiger partial charge is 0.508 e. The fraction of sp³-hybridized carbons (Fsp3) is 0.286. The number of rotatable bonds is 5.